The number of methoxy groups -OCH3 is 2. The van der Waals surface area contributed by atoms with Crippen molar-refractivity contribution in [1.82, 2.24) is 14.9 Å². The Hall–Kier alpha value is -4.62. The van der Waals surface area contributed by atoms with Gasteiger partial charge in [0.15, 0.2) is 11.6 Å². The van der Waals surface area contributed by atoms with E-state index in [-0.39, 0.29) is 18.0 Å². The van der Waals surface area contributed by atoms with Crippen LogP contribution in [-0.4, -0.2) is 53.7 Å². The highest BCUT2D eigenvalue weighted by Crippen LogP contribution is 2.46. The highest BCUT2D eigenvalue weighted by Gasteiger charge is 2.44. The number of amides is 1. The maximum absolute atomic E-state index is 13.6. The van der Waals surface area contributed by atoms with Gasteiger partial charge in [0.1, 0.15) is 11.8 Å². The van der Waals surface area contributed by atoms with Crippen molar-refractivity contribution in [2.24, 2.45) is 5.41 Å². The Bertz CT molecular complexity index is 1720. The van der Waals surface area contributed by atoms with E-state index in [1.807, 2.05) is 0 Å². The fourth-order valence-corrected chi connectivity index (χ4v) is 6.11. The number of hydrogen-bond acceptors (Lipinski definition) is 7. The van der Waals surface area contributed by atoms with Crippen LogP contribution in [0.3, 0.4) is 0 Å². The summed E-state index contributed by atoms with van der Waals surface area (Å²) in [5.41, 5.74) is -0.557. The van der Waals surface area contributed by atoms with E-state index in [2.05, 4.69) is 18.8 Å². The molecule has 0 bridgehead atoms. The van der Waals surface area contributed by atoms with Crippen LogP contribution >= 0.6 is 0 Å². The predicted molar refractivity (Wildman–Crippen MR) is 162 cm³/mol. The molecule has 3 aromatic rings. The zero-order valence-corrected chi connectivity index (χ0v) is 26.8. The third-order valence-electron chi connectivity index (χ3n) is 8.69. The number of hydrogen-bond donors (Lipinski definition) is 0. The summed E-state index contributed by atoms with van der Waals surface area (Å²) in [7, 11) is 2.75. The number of rotatable bonds is 7. The van der Waals surface area contributed by atoms with E-state index in [0.717, 1.165) is 17.6 Å². The Labute approximate surface area is 272 Å². The van der Waals surface area contributed by atoms with E-state index < -0.39 is 53.3 Å². The van der Waals surface area contributed by atoms with Crippen LogP contribution in [0.2, 0.25) is 0 Å². The molecule has 8 nitrogen and oxygen atoms in total. The largest absolute Gasteiger partial charge is 0.493 e. The number of cyclic esters (lactones) is 1. The highest BCUT2D eigenvalue weighted by molar-refractivity contribution is 5.89. The van der Waals surface area contributed by atoms with Gasteiger partial charge in [0.25, 0.3) is 0 Å². The van der Waals surface area contributed by atoms with Crippen LogP contribution in [0, 0.1) is 5.41 Å². The monoisotopic (exact) mass is 677 g/mol. The fourth-order valence-electron chi connectivity index (χ4n) is 6.11. The molecular weight excluding hydrogens is 644 g/mol. The Morgan fingerprint density at radius 2 is 1.65 bits per heavy atom. The van der Waals surface area contributed by atoms with Crippen LogP contribution in [0.15, 0.2) is 54.2 Å². The van der Waals surface area contributed by atoms with Crippen molar-refractivity contribution < 1.29 is 50.1 Å². The van der Waals surface area contributed by atoms with Crippen molar-refractivity contribution in [3.05, 3.63) is 82.2 Å². The number of carbonyl (C=O) groups is 2. The molecule has 2 aromatic carbocycles. The zero-order chi connectivity index (χ0) is 35.2. The molecule has 1 amide bonds. The van der Waals surface area contributed by atoms with Crippen molar-refractivity contribution in [3.63, 3.8) is 0 Å². The summed E-state index contributed by atoms with van der Waals surface area (Å²) in [6.45, 7) is 5.64. The predicted octanol–water partition coefficient (Wildman–Crippen LogP) is 8.52. The van der Waals surface area contributed by atoms with Crippen LogP contribution in [0.5, 0.6) is 5.75 Å². The molecule has 0 spiro atoms. The molecule has 14 heteroatoms. The zero-order valence-electron chi connectivity index (χ0n) is 26.8. The van der Waals surface area contributed by atoms with Crippen LogP contribution in [0.4, 0.5) is 31.1 Å². The molecule has 1 aromatic heterocycles. The van der Waals surface area contributed by atoms with Crippen LogP contribution < -0.4 is 4.74 Å². The van der Waals surface area contributed by atoms with Gasteiger partial charge < -0.3 is 14.2 Å². The minimum absolute atomic E-state index is 0.00330. The topological polar surface area (TPSA) is 90.9 Å². The first-order chi connectivity index (χ1) is 22.4. The number of allylic oxidation sites excluding steroid dienone is 1. The van der Waals surface area contributed by atoms with Gasteiger partial charge in [-0.2, -0.15) is 26.3 Å². The van der Waals surface area contributed by atoms with Crippen LogP contribution in [0.25, 0.3) is 17.0 Å². The lowest BCUT2D eigenvalue weighted by Gasteiger charge is -2.35. The van der Waals surface area contributed by atoms with Gasteiger partial charge in [-0.1, -0.05) is 26.0 Å². The van der Waals surface area contributed by atoms with Crippen molar-refractivity contribution >= 4 is 17.6 Å². The molecule has 1 aliphatic heterocycles. The van der Waals surface area contributed by atoms with Crippen molar-refractivity contribution in [2.45, 2.75) is 64.5 Å². The van der Waals surface area contributed by atoms with Gasteiger partial charge in [0.2, 0.25) is 0 Å². The average Bonchev–Trinajstić information content (AvgIpc) is 3.31. The van der Waals surface area contributed by atoms with Crippen molar-refractivity contribution in [3.8, 4) is 17.1 Å². The van der Waals surface area contributed by atoms with Crippen LogP contribution in [0.1, 0.15) is 78.9 Å². The van der Waals surface area contributed by atoms with Gasteiger partial charge in [-0.3, -0.25) is 4.90 Å². The Morgan fingerprint density at radius 3 is 2.21 bits per heavy atom. The number of alkyl halides is 6. The third-order valence-corrected chi connectivity index (χ3v) is 8.69. The molecule has 2 atom stereocenters. The van der Waals surface area contributed by atoms with E-state index in [0.29, 0.717) is 53.4 Å². The Kier molecular flexibility index (Phi) is 9.23. The first-order valence-electron chi connectivity index (χ1n) is 15.0. The van der Waals surface area contributed by atoms with Crippen molar-refractivity contribution in [2.75, 3.05) is 20.8 Å². The summed E-state index contributed by atoms with van der Waals surface area (Å²) in [6.07, 6.45) is -9.01. The average molecular weight is 678 g/mol. The molecule has 0 radical (unpaired) electrons. The van der Waals surface area contributed by atoms with E-state index in [1.165, 1.54) is 32.2 Å². The second-order valence-electron chi connectivity index (χ2n) is 12.6. The summed E-state index contributed by atoms with van der Waals surface area (Å²) in [6, 6.07) is 6.84. The van der Waals surface area contributed by atoms with Gasteiger partial charge in [-0.25, -0.2) is 19.6 Å². The number of esters is 1. The third kappa shape index (κ3) is 7.12. The maximum Gasteiger partial charge on any atom is 0.416 e. The van der Waals surface area contributed by atoms with Gasteiger partial charge in [0, 0.05) is 12.1 Å². The smallest absolute Gasteiger partial charge is 0.416 e. The molecule has 0 saturated carbocycles. The first-order valence-corrected chi connectivity index (χ1v) is 15.0. The number of halogens is 6. The summed E-state index contributed by atoms with van der Waals surface area (Å²) in [4.78, 5) is 35.7. The molecule has 0 N–H and O–H groups in total. The molecule has 48 heavy (non-hydrogen) atoms. The minimum atomic E-state index is -5.05. The Morgan fingerprint density at radius 1 is 1.02 bits per heavy atom. The number of carbonyl (C=O) groups excluding carboxylic acids is 2. The van der Waals surface area contributed by atoms with Gasteiger partial charge in [-0.05, 0) is 78.6 Å². The van der Waals surface area contributed by atoms with E-state index in [4.69, 9.17) is 19.2 Å². The minimum Gasteiger partial charge on any atom is -0.493 e. The number of nitrogens with zero attached hydrogens (tertiary/aromatic N) is 3. The lowest BCUT2D eigenvalue weighted by molar-refractivity contribution is -0.143. The fraction of sp³-hybridized carbons (Fsp3) is 0.412. The second-order valence-corrected chi connectivity index (χ2v) is 12.6. The summed E-state index contributed by atoms with van der Waals surface area (Å²) in [5.74, 6) is 0.219. The van der Waals surface area contributed by atoms with E-state index in [1.54, 1.807) is 24.3 Å². The molecule has 1 saturated heterocycles. The molecular formula is C34H33F6N3O5. The highest BCUT2D eigenvalue weighted by atomic mass is 19.4. The molecule has 5 rings (SSSR count). The quantitative estimate of drug-likeness (QED) is 0.183. The maximum atomic E-state index is 13.6. The summed E-state index contributed by atoms with van der Waals surface area (Å²) >= 11 is 0. The first kappa shape index (κ1) is 34.7. The van der Waals surface area contributed by atoms with Crippen LogP contribution in [-0.2, 0) is 21.8 Å². The lowest BCUT2D eigenvalue weighted by Crippen LogP contribution is -2.35. The summed E-state index contributed by atoms with van der Waals surface area (Å²) in [5, 5.41) is 0. The standard InChI is InChI=1S/C34H33F6N3O5/c1-18-28(21-12-23(33(35,36)37)14-24(13-21)34(38,39)40)48-31(45)43(18)17-22-15-32(2,3)11-10-25(22)27-26(46-4)16-41-29(42-27)19-6-8-20(9-7-19)30(44)47-5/h6-9,12-14,16,18,28H,10-11,15,17H2,1-5H3/t18-,28?/m0/s1. The Balaban J connectivity index is 1.53. The molecule has 1 unspecified atom stereocenters. The second kappa shape index (κ2) is 12.8. The molecule has 1 aliphatic carbocycles. The van der Waals surface area contributed by atoms with E-state index >= 15 is 0 Å². The van der Waals surface area contributed by atoms with Gasteiger partial charge >= 0.3 is 24.4 Å². The number of benzene rings is 2. The van der Waals surface area contributed by atoms with E-state index in [9.17, 15) is 35.9 Å². The molecule has 1 fully saturated rings. The normalized spacial score (nSPS) is 19.7. The molecule has 2 aliphatic rings. The SMILES string of the molecule is COC(=O)c1ccc(-c2ncc(OC)c(C3=C(CN4C(=O)OC(c5cc(C(F)(F)F)cc(C(F)(F)F)c5)[C@@H]4C)CC(C)(C)CC3)n2)cc1. The van der Waals surface area contributed by atoms with Gasteiger partial charge in [0.05, 0.1) is 43.1 Å². The van der Waals surface area contributed by atoms with Gasteiger partial charge in [-0.15, -0.1) is 0 Å². The summed E-state index contributed by atoms with van der Waals surface area (Å²) < 4.78 is 97.4. The number of aromatic nitrogens is 2. The lowest BCUT2D eigenvalue weighted by atomic mass is 9.73. The molecule has 256 valence electrons. The van der Waals surface area contributed by atoms with Crippen molar-refractivity contribution in [1.29, 1.82) is 0 Å². The molecule has 2 heterocycles. The number of ether oxygens (including phenoxy) is 3.